The van der Waals surface area contributed by atoms with Gasteiger partial charge in [0.1, 0.15) is 11.5 Å². The van der Waals surface area contributed by atoms with Crippen molar-refractivity contribution in [3.05, 3.63) is 34.5 Å². The molecule has 1 aromatic carbocycles. The summed E-state index contributed by atoms with van der Waals surface area (Å²) in [4.78, 5) is 23.7. The summed E-state index contributed by atoms with van der Waals surface area (Å²) in [5.74, 6) is -0.694. The molecule has 0 atom stereocenters. The second-order valence-electron chi connectivity index (χ2n) is 4.53. The van der Waals surface area contributed by atoms with Gasteiger partial charge in [-0.15, -0.1) is 0 Å². The zero-order valence-electron chi connectivity index (χ0n) is 12.2. The normalized spacial score (nSPS) is 10.2. The van der Waals surface area contributed by atoms with Gasteiger partial charge in [-0.25, -0.2) is 0 Å². The summed E-state index contributed by atoms with van der Waals surface area (Å²) in [6.45, 7) is 3.44. The first-order valence-corrected chi connectivity index (χ1v) is 6.68. The van der Waals surface area contributed by atoms with Gasteiger partial charge in [0, 0.05) is 17.2 Å². The molecule has 0 saturated carbocycles. The number of nitrogens with one attached hydrogen (secondary N) is 2. The zero-order chi connectivity index (χ0) is 16.3. The third-order valence-corrected chi connectivity index (χ3v) is 3.21. The van der Waals surface area contributed by atoms with Crippen LogP contribution in [-0.4, -0.2) is 24.1 Å². The van der Waals surface area contributed by atoms with Crippen LogP contribution in [0.15, 0.2) is 22.7 Å². The van der Waals surface area contributed by atoms with E-state index in [1.54, 1.807) is 26.0 Å². The van der Waals surface area contributed by atoms with Gasteiger partial charge in [0.2, 0.25) is 0 Å². The van der Waals surface area contributed by atoms with Crippen molar-refractivity contribution in [3.8, 4) is 5.75 Å². The molecule has 0 unspecified atom stereocenters. The first kappa shape index (κ1) is 15.8. The summed E-state index contributed by atoms with van der Waals surface area (Å²) in [5, 5.41) is 8.86. The van der Waals surface area contributed by atoms with E-state index in [-0.39, 0.29) is 5.82 Å². The maximum atomic E-state index is 11.9. The van der Waals surface area contributed by atoms with Gasteiger partial charge in [0.25, 0.3) is 0 Å². The van der Waals surface area contributed by atoms with Crippen LogP contribution in [0.25, 0.3) is 0 Å². The van der Waals surface area contributed by atoms with Crippen molar-refractivity contribution < 1.29 is 18.8 Å². The predicted molar refractivity (Wildman–Crippen MR) is 81.2 cm³/mol. The lowest BCUT2D eigenvalue weighted by atomic mass is 10.2. The van der Waals surface area contributed by atoms with E-state index in [2.05, 4.69) is 15.8 Å². The van der Waals surface area contributed by atoms with Gasteiger partial charge in [0.05, 0.1) is 12.8 Å². The first-order valence-electron chi connectivity index (χ1n) is 6.30. The maximum Gasteiger partial charge on any atom is 0.315 e. The first-order chi connectivity index (χ1) is 10.4. The number of hydrogen-bond acceptors (Lipinski definition) is 5. The van der Waals surface area contributed by atoms with Crippen molar-refractivity contribution in [2.24, 2.45) is 0 Å². The van der Waals surface area contributed by atoms with E-state index < -0.39 is 11.8 Å². The van der Waals surface area contributed by atoms with E-state index in [0.717, 1.165) is 5.56 Å². The van der Waals surface area contributed by atoms with Gasteiger partial charge in [-0.3, -0.25) is 14.9 Å². The minimum absolute atomic E-state index is 0.164. The lowest BCUT2D eigenvalue weighted by molar-refractivity contribution is -0.133. The molecule has 0 aliphatic carbocycles. The molecule has 1 aromatic heterocycles. The van der Waals surface area contributed by atoms with E-state index >= 15 is 0 Å². The van der Waals surface area contributed by atoms with Gasteiger partial charge in [0.15, 0.2) is 5.82 Å². The quantitative estimate of drug-likeness (QED) is 0.847. The molecule has 0 radical (unpaired) electrons. The van der Waals surface area contributed by atoms with Crippen molar-refractivity contribution in [2.45, 2.75) is 13.8 Å². The van der Waals surface area contributed by atoms with Crippen LogP contribution in [0.5, 0.6) is 5.75 Å². The highest BCUT2D eigenvalue weighted by Gasteiger charge is 2.18. The van der Waals surface area contributed by atoms with E-state index in [1.165, 1.54) is 13.2 Å². The monoisotopic (exact) mass is 323 g/mol. The molecule has 0 spiro atoms. The Morgan fingerprint density at radius 1 is 1.18 bits per heavy atom. The number of methoxy groups -OCH3 is 1. The Kier molecular flexibility index (Phi) is 4.67. The highest BCUT2D eigenvalue weighted by Crippen LogP contribution is 2.30. The zero-order valence-corrected chi connectivity index (χ0v) is 12.9. The maximum absolute atomic E-state index is 11.9. The van der Waals surface area contributed by atoms with Gasteiger partial charge in [-0.1, -0.05) is 16.8 Å². The number of ether oxygens (including phenoxy) is 1. The number of carbonyl (C=O) groups excluding carboxylic acids is 2. The van der Waals surface area contributed by atoms with Crippen LogP contribution in [0.2, 0.25) is 5.02 Å². The van der Waals surface area contributed by atoms with Crippen molar-refractivity contribution in [3.63, 3.8) is 0 Å². The molecule has 0 aliphatic rings. The summed E-state index contributed by atoms with van der Waals surface area (Å²) in [6, 6.07) is 4.68. The average molecular weight is 324 g/mol. The Morgan fingerprint density at radius 2 is 1.86 bits per heavy atom. The number of nitrogens with zero attached hydrogens (tertiary/aromatic N) is 1. The fraction of sp³-hybridized carbons (Fsp3) is 0.214. The van der Waals surface area contributed by atoms with Crippen LogP contribution in [0, 0.1) is 13.8 Å². The van der Waals surface area contributed by atoms with E-state index in [1.807, 2.05) is 0 Å². The standard InChI is InChI=1S/C14H14ClN3O4/c1-7-4-10(11(21-3)6-9(7)15)16-13(19)14(20)17-12-5-8(2)22-18-12/h4-6H,1-3H3,(H,16,19)(H,17,18,20). The number of halogens is 1. The average Bonchev–Trinajstić information content (AvgIpc) is 2.87. The predicted octanol–water partition coefficient (Wildman–Crippen LogP) is 2.53. The number of benzene rings is 1. The number of carbonyl (C=O) groups is 2. The molecule has 22 heavy (non-hydrogen) atoms. The molecule has 2 N–H and O–H groups in total. The summed E-state index contributed by atoms with van der Waals surface area (Å²) in [5.41, 5.74) is 1.09. The number of rotatable bonds is 3. The highest BCUT2D eigenvalue weighted by atomic mass is 35.5. The highest BCUT2D eigenvalue weighted by molar-refractivity contribution is 6.43. The van der Waals surface area contributed by atoms with Gasteiger partial charge < -0.3 is 14.6 Å². The lowest BCUT2D eigenvalue weighted by Crippen LogP contribution is -2.29. The molecule has 2 amide bonds. The smallest absolute Gasteiger partial charge is 0.315 e. The summed E-state index contributed by atoms with van der Waals surface area (Å²) >= 11 is 5.98. The topological polar surface area (TPSA) is 93.5 Å². The number of anilines is 2. The molecule has 2 aromatic rings. The van der Waals surface area contributed by atoms with Gasteiger partial charge in [-0.2, -0.15) is 0 Å². The lowest BCUT2D eigenvalue weighted by Gasteiger charge is -2.11. The van der Waals surface area contributed by atoms with Crippen LogP contribution in [0.4, 0.5) is 11.5 Å². The Balaban J connectivity index is 2.11. The van der Waals surface area contributed by atoms with Crippen molar-refractivity contribution in [1.29, 1.82) is 0 Å². The van der Waals surface area contributed by atoms with Crippen LogP contribution in [0.1, 0.15) is 11.3 Å². The van der Waals surface area contributed by atoms with E-state index in [0.29, 0.717) is 22.2 Å². The molecule has 2 rings (SSSR count). The Bertz CT molecular complexity index is 727. The molecule has 0 fully saturated rings. The molecule has 8 heteroatoms. The van der Waals surface area contributed by atoms with Crippen molar-refractivity contribution in [1.82, 2.24) is 5.16 Å². The second-order valence-corrected chi connectivity index (χ2v) is 4.94. The van der Waals surface area contributed by atoms with Crippen molar-refractivity contribution in [2.75, 3.05) is 17.7 Å². The Morgan fingerprint density at radius 3 is 2.45 bits per heavy atom. The fourth-order valence-corrected chi connectivity index (χ4v) is 1.86. The van der Waals surface area contributed by atoms with E-state index in [9.17, 15) is 9.59 Å². The molecule has 0 saturated heterocycles. The Hall–Kier alpha value is -2.54. The van der Waals surface area contributed by atoms with Crippen LogP contribution >= 0.6 is 11.6 Å². The minimum Gasteiger partial charge on any atom is -0.495 e. The third kappa shape index (κ3) is 3.56. The van der Waals surface area contributed by atoms with Crippen LogP contribution in [-0.2, 0) is 9.59 Å². The second kappa shape index (κ2) is 6.48. The largest absolute Gasteiger partial charge is 0.495 e. The molecule has 116 valence electrons. The van der Waals surface area contributed by atoms with Gasteiger partial charge >= 0.3 is 11.8 Å². The molecule has 1 heterocycles. The molecule has 7 nitrogen and oxygen atoms in total. The number of aromatic nitrogens is 1. The van der Waals surface area contributed by atoms with Crippen molar-refractivity contribution >= 4 is 34.9 Å². The summed E-state index contributed by atoms with van der Waals surface area (Å²) in [6.07, 6.45) is 0. The number of aryl methyl sites for hydroxylation is 2. The number of hydrogen-bond donors (Lipinski definition) is 2. The summed E-state index contributed by atoms with van der Waals surface area (Å²) < 4.78 is 9.92. The Labute approximate surface area is 131 Å². The van der Waals surface area contributed by atoms with Gasteiger partial charge in [-0.05, 0) is 25.5 Å². The van der Waals surface area contributed by atoms with E-state index in [4.69, 9.17) is 20.9 Å². The van der Waals surface area contributed by atoms with Crippen LogP contribution in [0.3, 0.4) is 0 Å². The SMILES string of the molecule is COc1cc(Cl)c(C)cc1NC(=O)C(=O)Nc1cc(C)on1. The minimum atomic E-state index is -0.872. The molecule has 0 bridgehead atoms. The molecular formula is C14H14ClN3O4. The molecule has 0 aliphatic heterocycles. The van der Waals surface area contributed by atoms with Crippen LogP contribution < -0.4 is 15.4 Å². The molecular weight excluding hydrogens is 310 g/mol. The summed E-state index contributed by atoms with van der Waals surface area (Å²) in [7, 11) is 1.44. The third-order valence-electron chi connectivity index (χ3n) is 2.80. The number of amides is 2. The fourth-order valence-electron chi connectivity index (χ4n) is 1.71.